The quantitative estimate of drug-likeness (QED) is 0.758. The van der Waals surface area contributed by atoms with Gasteiger partial charge in [0.05, 0.1) is 0 Å². The molecular formula is C14H18N2O2. The summed E-state index contributed by atoms with van der Waals surface area (Å²) >= 11 is 0. The van der Waals surface area contributed by atoms with Crippen LogP contribution in [0.25, 0.3) is 0 Å². The van der Waals surface area contributed by atoms with Gasteiger partial charge < -0.3 is 15.4 Å². The van der Waals surface area contributed by atoms with Crippen molar-refractivity contribution >= 4 is 11.7 Å². The van der Waals surface area contributed by atoms with Crippen LogP contribution in [-0.2, 0) is 0 Å². The number of anilines is 1. The lowest BCUT2D eigenvalue weighted by molar-refractivity contribution is 0.253. The molecule has 0 saturated carbocycles. The summed E-state index contributed by atoms with van der Waals surface area (Å²) in [5, 5.41) is 5.33. The van der Waals surface area contributed by atoms with Gasteiger partial charge >= 0.3 is 6.03 Å². The average Bonchev–Trinajstić information content (AvgIpc) is 2.34. The number of rotatable bonds is 6. The summed E-state index contributed by atoms with van der Waals surface area (Å²) < 4.78 is 5.48. The largest absolute Gasteiger partial charge is 0.489 e. The van der Waals surface area contributed by atoms with Gasteiger partial charge in [0.15, 0.2) is 0 Å². The van der Waals surface area contributed by atoms with E-state index in [0.717, 1.165) is 5.57 Å². The highest BCUT2D eigenvalue weighted by atomic mass is 16.5. The normalized spacial score (nSPS) is 9.39. The van der Waals surface area contributed by atoms with Crippen LogP contribution in [0.2, 0.25) is 0 Å². The maximum Gasteiger partial charge on any atom is 0.319 e. The zero-order chi connectivity index (χ0) is 13.4. The van der Waals surface area contributed by atoms with Crippen LogP contribution in [0.5, 0.6) is 5.75 Å². The van der Waals surface area contributed by atoms with E-state index in [1.165, 1.54) is 0 Å². The molecule has 0 fully saturated rings. The number of hydrogen-bond donors (Lipinski definition) is 2. The summed E-state index contributed by atoms with van der Waals surface area (Å²) in [6, 6.07) is 6.93. The Morgan fingerprint density at radius 2 is 2.28 bits per heavy atom. The molecule has 1 aromatic rings. The van der Waals surface area contributed by atoms with E-state index in [4.69, 9.17) is 4.74 Å². The number of ether oxygens (including phenoxy) is 1. The van der Waals surface area contributed by atoms with Gasteiger partial charge in [-0.3, -0.25) is 0 Å². The molecular weight excluding hydrogens is 228 g/mol. The van der Waals surface area contributed by atoms with Crippen molar-refractivity contribution in [2.45, 2.75) is 6.92 Å². The maximum absolute atomic E-state index is 11.4. The molecule has 4 nitrogen and oxygen atoms in total. The fourth-order valence-corrected chi connectivity index (χ4v) is 1.21. The molecule has 2 N–H and O–H groups in total. The van der Waals surface area contributed by atoms with Gasteiger partial charge in [-0.1, -0.05) is 18.7 Å². The Hall–Kier alpha value is -2.23. The van der Waals surface area contributed by atoms with Crippen LogP contribution in [-0.4, -0.2) is 19.2 Å². The zero-order valence-electron chi connectivity index (χ0n) is 10.5. The molecule has 0 radical (unpaired) electrons. The summed E-state index contributed by atoms with van der Waals surface area (Å²) in [6.45, 7) is 10.1. The SMILES string of the molecule is C=CCNC(=O)Nc1cccc(OCC(=C)C)c1. The smallest absolute Gasteiger partial charge is 0.319 e. The van der Waals surface area contributed by atoms with Gasteiger partial charge in [0.25, 0.3) is 0 Å². The molecule has 0 unspecified atom stereocenters. The minimum Gasteiger partial charge on any atom is -0.489 e. The van der Waals surface area contributed by atoms with Crippen LogP contribution in [0.3, 0.4) is 0 Å². The molecule has 18 heavy (non-hydrogen) atoms. The van der Waals surface area contributed by atoms with E-state index in [0.29, 0.717) is 24.6 Å². The van der Waals surface area contributed by atoms with Crippen LogP contribution >= 0.6 is 0 Å². The van der Waals surface area contributed by atoms with Crippen molar-refractivity contribution < 1.29 is 9.53 Å². The van der Waals surface area contributed by atoms with E-state index >= 15 is 0 Å². The predicted molar refractivity (Wildman–Crippen MR) is 74.0 cm³/mol. The maximum atomic E-state index is 11.4. The number of urea groups is 1. The first kappa shape index (κ1) is 13.8. The van der Waals surface area contributed by atoms with E-state index in [-0.39, 0.29) is 6.03 Å². The minimum atomic E-state index is -0.271. The number of amides is 2. The van der Waals surface area contributed by atoms with Gasteiger partial charge in [-0.2, -0.15) is 0 Å². The standard InChI is InChI=1S/C14H18N2O2/c1-4-8-15-14(17)16-12-6-5-7-13(9-12)18-10-11(2)3/h4-7,9H,1-2,8,10H2,3H3,(H2,15,16,17). The lowest BCUT2D eigenvalue weighted by atomic mass is 10.3. The van der Waals surface area contributed by atoms with Crippen LogP contribution < -0.4 is 15.4 Å². The van der Waals surface area contributed by atoms with E-state index in [1.807, 2.05) is 19.1 Å². The van der Waals surface area contributed by atoms with Crippen LogP contribution in [0, 0.1) is 0 Å². The van der Waals surface area contributed by atoms with Crippen molar-refractivity contribution in [1.29, 1.82) is 0 Å². The molecule has 0 aliphatic carbocycles. The molecule has 0 heterocycles. The van der Waals surface area contributed by atoms with E-state index < -0.39 is 0 Å². The highest BCUT2D eigenvalue weighted by molar-refractivity contribution is 5.89. The second-order valence-corrected chi connectivity index (χ2v) is 3.90. The van der Waals surface area contributed by atoms with Gasteiger partial charge in [-0.25, -0.2) is 4.79 Å². The van der Waals surface area contributed by atoms with Gasteiger partial charge in [0, 0.05) is 18.3 Å². The molecule has 4 heteroatoms. The third-order valence-corrected chi connectivity index (χ3v) is 1.98. The summed E-state index contributed by atoms with van der Waals surface area (Å²) in [5.74, 6) is 0.694. The Balaban J connectivity index is 2.55. The summed E-state index contributed by atoms with van der Waals surface area (Å²) in [5.41, 5.74) is 1.62. The third-order valence-electron chi connectivity index (χ3n) is 1.98. The van der Waals surface area contributed by atoms with Crippen LogP contribution in [0.1, 0.15) is 6.92 Å². The lowest BCUT2D eigenvalue weighted by Crippen LogP contribution is -2.28. The van der Waals surface area contributed by atoms with Crippen LogP contribution in [0.4, 0.5) is 10.5 Å². The summed E-state index contributed by atoms with van der Waals surface area (Å²) in [6.07, 6.45) is 1.62. The first-order valence-corrected chi connectivity index (χ1v) is 5.65. The van der Waals surface area contributed by atoms with E-state index in [9.17, 15) is 4.79 Å². The fraction of sp³-hybridized carbons (Fsp3) is 0.214. The molecule has 96 valence electrons. The van der Waals surface area contributed by atoms with Gasteiger partial charge in [0.2, 0.25) is 0 Å². The molecule has 0 spiro atoms. The lowest BCUT2D eigenvalue weighted by Gasteiger charge is -2.09. The molecule has 0 aliphatic rings. The zero-order valence-corrected chi connectivity index (χ0v) is 10.5. The second-order valence-electron chi connectivity index (χ2n) is 3.90. The highest BCUT2D eigenvalue weighted by Gasteiger charge is 2.01. The first-order valence-electron chi connectivity index (χ1n) is 5.65. The Morgan fingerprint density at radius 1 is 1.50 bits per heavy atom. The minimum absolute atomic E-state index is 0.271. The average molecular weight is 246 g/mol. The van der Waals surface area contributed by atoms with Crippen molar-refractivity contribution in [3.05, 3.63) is 49.1 Å². The van der Waals surface area contributed by atoms with Crippen molar-refractivity contribution in [3.63, 3.8) is 0 Å². The number of benzene rings is 1. The van der Waals surface area contributed by atoms with Crippen molar-refractivity contribution in [1.82, 2.24) is 5.32 Å². The second kappa shape index (κ2) is 7.17. The van der Waals surface area contributed by atoms with Gasteiger partial charge in [-0.05, 0) is 24.6 Å². The Labute approximate surface area is 107 Å². The van der Waals surface area contributed by atoms with Crippen molar-refractivity contribution in [3.8, 4) is 5.75 Å². The molecule has 0 atom stereocenters. The van der Waals surface area contributed by atoms with Crippen LogP contribution in [0.15, 0.2) is 49.1 Å². The topological polar surface area (TPSA) is 50.4 Å². The number of nitrogens with one attached hydrogen (secondary N) is 2. The molecule has 0 aromatic heterocycles. The number of carbonyl (C=O) groups excluding carboxylic acids is 1. The summed E-state index contributed by atoms with van der Waals surface area (Å²) in [7, 11) is 0. The molecule has 1 aromatic carbocycles. The van der Waals surface area contributed by atoms with Crippen molar-refractivity contribution in [2.24, 2.45) is 0 Å². The molecule has 0 bridgehead atoms. The number of carbonyl (C=O) groups is 1. The summed E-state index contributed by atoms with van der Waals surface area (Å²) in [4.78, 5) is 11.4. The van der Waals surface area contributed by atoms with Crippen molar-refractivity contribution in [2.75, 3.05) is 18.5 Å². The Bertz CT molecular complexity index is 441. The number of hydrogen-bond acceptors (Lipinski definition) is 2. The monoisotopic (exact) mass is 246 g/mol. The predicted octanol–water partition coefficient (Wildman–Crippen LogP) is 2.95. The highest BCUT2D eigenvalue weighted by Crippen LogP contribution is 2.17. The van der Waals surface area contributed by atoms with E-state index in [1.54, 1.807) is 18.2 Å². The van der Waals surface area contributed by atoms with Gasteiger partial charge in [0.1, 0.15) is 12.4 Å². The third kappa shape index (κ3) is 5.21. The molecule has 0 aliphatic heterocycles. The Kier molecular flexibility index (Phi) is 5.51. The fourth-order valence-electron chi connectivity index (χ4n) is 1.21. The first-order chi connectivity index (χ1) is 8.61. The van der Waals surface area contributed by atoms with Gasteiger partial charge in [-0.15, -0.1) is 6.58 Å². The molecule has 1 rings (SSSR count). The van der Waals surface area contributed by atoms with E-state index in [2.05, 4.69) is 23.8 Å². The Morgan fingerprint density at radius 3 is 2.94 bits per heavy atom. The molecule has 0 saturated heterocycles. The molecule has 2 amide bonds.